The molecule has 0 saturated carbocycles. The number of hydrogen-bond acceptors (Lipinski definition) is 5. The predicted octanol–water partition coefficient (Wildman–Crippen LogP) is 2.70. The van der Waals surface area contributed by atoms with Crippen LogP contribution in [0.3, 0.4) is 0 Å². The molecule has 0 fully saturated rings. The molecular formula is C15H16N6S. The standard InChI is InChI=1S/C15H16N6S/c1-9-6-17-20(7-9)5-4-12-18-14-13-10(2)11(3)22-15(13)16-8-21(14)19-12/h6-8H,4-5H2,1-3H3. The van der Waals surface area contributed by atoms with E-state index in [0.29, 0.717) is 0 Å². The molecular weight excluding hydrogens is 296 g/mol. The molecule has 0 N–H and O–H groups in total. The Bertz CT molecular complexity index is 977. The van der Waals surface area contributed by atoms with Crippen LogP contribution in [0.5, 0.6) is 0 Å². The minimum Gasteiger partial charge on any atom is -0.272 e. The fourth-order valence-electron chi connectivity index (χ4n) is 2.60. The summed E-state index contributed by atoms with van der Waals surface area (Å²) in [5, 5.41) is 9.96. The van der Waals surface area contributed by atoms with E-state index in [9.17, 15) is 0 Å². The first kappa shape index (κ1) is 13.4. The smallest absolute Gasteiger partial charge is 0.167 e. The van der Waals surface area contributed by atoms with Gasteiger partial charge >= 0.3 is 0 Å². The molecule has 112 valence electrons. The molecule has 4 aromatic heterocycles. The van der Waals surface area contributed by atoms with Crippen LogP contribution in [-0.2, 0) is 13.0 Å². The van der Waals surface area contributed by atoms with Gasteiger partial charge in [0, 0.05) is 24.0 Å². The summed E-state index contributed by atoms with van der Waals surface area (Å²) in [4.78, 5) is 11.5. The molecule has 0 aliphatic heterocycles. The Labute approximate surface area is 131 Å². The Morgan fingerprint density at radius 2 is 2.09 bits per heavy atom. The van der Waals surface area contributed by atoms with E-state index >= 15 is 0 Å². The summed E-state index contributed by atoms with van der Waals surface area (Å²) in [7, 11) is 0. The van der Waals surface area contributed by atoms with E-state index in [1.54, 1.807) is 22.2 Å². The zero-order valence-electron chi connectivity index (χ0n) is 12.7. The topological polar surface area (TPSA) is 60.9 Å². The highest BCUT2D eigenvalue weighted by Crippen LogP contribution is 2.30. The van der Waals surface area contributed by atoms with Crippen LogP contribution in [-0.4, -0.2) is 29.4 Å². The summed E-state index contributed by atoms with van der Waals surface area (Å²) in [5.41, 5.74) is 3.32. The van der Waals surface area contributed by atoms with Crippen LogP contribution in [0.2, 0.25) is 0 Å². The molecule has 4 heterocycles. The van der Waals surface area contributed by atoms with E-state index in [0.717, 1.165) is 34.7 Å². The summed E-state index contributed by atoms with van der Waals surface area (Å²) in [6.07, 6.45) is 6.40. The summed E-state index contributed by atoms with van der Waals surface area (Å²) in [6, 6.07) is 0. The number of aryl methyl sites for hydroxylation is 5. The minimum absolute atomic E-state index is 0.756. The first-order valence-corrected chi connectivity index (χ1v) is 8.02. The van der Waals surface area contributed by atoms with Crippen molar-refractivity contribution in [3.8, 4) is 0 Å². The average molecular weight is 312 g/mol. The summed E-state index contributed by atoms with van der Waals surface area (Å²) in [5.74, 6) is 0.825. The van der Waals surface area contributed by atoms with Gasteiger partial charge in [0.2, 0.25) is 0 Å². The van der Waals surface area contributed by atoms with Gasteiger partial charge < -0.3 is 0 Å². The lowest BCUT2D eigenvalue weighted by Crippen LogP contribution is -2.03. The Hall–Kier alpha value is -2.28. The van der Waals surface area contributed by atoms with Crippen molar-refractivity contribution in [1.82, 2.24) is 29.4 Å². The fraction of sp³-hybridized carbons (Fsp3) is 0.333. The molecule has 0 amide bonds. The van der Waals surface area contributed by atoms with Crippen molar-refractivity contribution >= 4 is 27.2 Å². The third-order valence-corrected chi connectivity index (χ3v) is 4.99. The highest BCUT2D eigenvalue weighted by Gasteiger charge is 2.14. The number of rotatable bonds is 3. The number of thiophene rings is 1. The van der Waals surface area contributed by atoms with Crippen LogP contribution < -0.4 is 0 Å². The Morgan fingerprint density at radius 3 is 2.86 bits per heavy atom. The van der Waals surface area contributed by atoms with Crippen molar-refractivity contribution in [1.29, 1.82) is 0 Å². The van der Waals surface area contributed by atoms with Crippen LogP contribution in [0.4, 0.5) is 0 Å². The van der Waals surface area contributed by atoms with Gasteiger partial charge in [0.05, 0.1) is 11.6 Å². The van der Waals surface area contributed by atoms with E-state index in [-0.39, 0.29) is 0 Å². The second kappa shape index (κ2) is 4.88. The van der Waals surface area contributed by atoms with Crippen molar-refractivity contribution in [2.24, 2.45) is 0 Å². The molecule has 4 rings (SSSR count). The Morgan fingerprint density at radius 1 is 1.23 bits per heavy atom. The van der Waals surface area contributed by atoms with Gasteiger partial charge in [0.1, 0.15) is 11.2 Å². The molecule has 4 aromatic rings. The van der Waals surface area contributed by atoms with Crippen LogP contribution in [0.1, 0.15) is 21.8 Å². The SMILES string of the molecule is Cc1cnn(CCc2nc3c4c(C)c(C)sc4ncn3n2)c1. The maximum absolute atomic E-state index is 4.71. The third kappa shape index (κ3) is 2.09. The maximum atomic E-state index is 4.71. The highest BCUT2D eigenvalue weighted by molar-refractivity contribution is 7.18. The fourth-order valence-corrected chi connectivity index (χ4v) is 3.59. The number of fused-ring (bicyclic) bond motifs is 3. The van der Waals surface area contributed by atoms with Gasteiger partial charge in [0.15, 0.2) is 11.5 Å². The zero-order valence-corrected chi connectivity index (χ0v) is 13.6. The van der Waals surface area contributed by atoms with Crippen LogP contribution in [0.25, 0.3) is 15.9 Å². The molecule has 0 radical (unpaired) electrons. The van der Waals surface area contributed by atoms with Gasteiger partial charge in [-0.3, -0.25) is 4.68 Å². The van der Waals surface area contributed by atoms with Gasteiger partial charge in [-0.2, -0.15) is 5.10 Å². The minimum atomic E-state index is 0.756. The van der Waals surface area contributed by atoms with Crippen LogP contribution in [0, 0.1) is 20.8 Å². The van der Waals surface area contributed by atoms with Crippen molar-refractivity contribution in [2.45, 2.75) is 33.7 Å². The molecule has 0 atom stereocenters. The second-order valence-electron chi connectivity index (χ2n) is 5.53. The lowest BCUT2D eigenvalue weighted by molar-refractivity contribution is 0.599. The molecule has 0 spiro atoms. The summed E-state index contributed by atoms with van der Waals surface area (Å²) in [6.45, 7) is 7.06. The molecule has 22 heavy (non-hydrogen) atoms. The predicted molar refractivity (Wildman–Crippen MR) is 86.3 cm³/mol. The first-order chi connectivity index (χ1) is 10.6. The van der Waals surface area contributed by atoms with Gasteiger partial charge in [-0.25, -0.2) is 14.5 Å². The Kier molecular flexibility index (Phi) is 2.97. The quantitative estimate of drug-likeness (QED) is 0.583. The van der Waals surface area contributed by atoms with Crippen LogP contribution in [0.15, 0.2) is 18.7 Å². The van der Waals surface area contributed by atoms with Crippen molar-refractivity contribution < 1.29 is 0 Å². The highest BCUT2D eigenvalue weighted by atomic mass is 32.1. The van der Waals surface area contributed by atoms with Gasteiger partial charge in [-0.15, -0.1) is 16.4 Å². The average Bonchev–Trinajstić information content (AvgIpc) is 3.15. The van der Waals surface area contributed by atoms with E-state index in [1.807, 2.05) is 24.0 Å². The second-order valence-corrected chi connectivity index (χ2v) is 6.74. The van der Waals surface area contributed by atoms with E-state index in [1.165, 1.54) is 16.0 Å². The molecule has 0 saturated heterocycles. The molecule has 0 aliphatic carbocycles. The lowest BCUT2D eigenvalue weighted by Gasteiger charge is -1.96. The van der Waals surface area contributed by atoms with Gasteiger partial charge in [0.25, 0.3) is 0 Å². The summed E-state index contributed by atoms with van der Waals surface area (Å²) >= 11 is 1.71. The monoisotopic (exact) mass is 312 g/mol. The maximum Gasteiger partial charge on any atom is 0.167 e. The molecule has 0 unspecified atom stereocenters. The first-order valence-electron chi connectivity index (χ1n) is 7.21. The van der Waals surface area contributed by atoms with Crippen molar-refractivity contribution in [2.75, 3.05) is 0 Å². The van der Waals surface area contributed by atoms with E-state index in [4.69, 9.17) is 4.98 Å². The van der Waals surface area contributed by atoms with Crippen LogP contribution >= 0.6 is 11.3 Å². The summed E-state index contributed by atoms with van der Waals surface area (Å²) < 4.78 is 3.71. The molecule has 6 nitrogen and oxygen atoms in total. The van der Waals surface area contributed by atoms with E-state index < -0.39 is 0 Å². The normalized spacial score (nSPS) is 11.8. The molecule has 7 heteroatoms. The number of aromatic nitrogens is 6. The van der Waals surface area contributed by atoms with E-state index in [2.05, 4.69) is 29.0 Å². The van der Waals surface area contributed by atoms with Crippen molar-refractivity contribution in [3.05, 3.63) is 40.5 Å². The number of nitrogens with zero attached hydrogens (tertiary/aromatic N) is 6. The largest absolute Gasteiger partial charge is 0.272 e. The van der Waals surface area contributed by atoms with Gasteiger partial charge in [-0.1, -0.05) is 0 Å². The molecule has 0 bridgehead atoms. The lowest BCUT2D eigenvalue weighted by atomic mass is 10.2. The molecule has 0 aromatic carbocycles. The van der Waals surface area contributed by atoms with Gasteiger partial charge in [-0.05, 0) is 31.9 Å². The molecule has 0 aliphatic rings. The zero-order chi connectivity index (χ0) is 15.3. The Balaban J connectivity index is 1.72. The third-order valence-electron chi connectivity index (χ3n) is 3.88. The number of hydrogen-bond donors (Lipinski definition) is 0. The van der Waals surface area contributed by atoms with Crippen molar-refractivity contribution in [3.63, 3.8) is 0 Å².